The molecule has 0 saturated heterocycles. The molecular weight excluding hydrogens is 399 g/mol. The lowest BCUT2D eigenvalue weighted by atomic mass is 10.0. The number of nitrogens with zero attached hydrogens (tertiary/aromatic N) is 3. The van der Waals surface area contributed by atoms with Crippen molar-refractivity contribution in [3.63, 3.8) is 0 Å². The van der Waals surface area contributed by atoms with Crippen LogP contribution >= 0.6 is 0 Å². The monoisotopic (exact) mass is 422 g/mol. The lowest BCUT2D eigenvalue weighted by Gasteiger charge is -2.12. The van der Waals surface area contributed by atoms with Gasteiger partial charge in [-0.3, -0.25) is 5.32 Å². The first kappa shape index (κ1) is 21.8. The lowest BCUT2D eigenvalue weighted by Crippen LogP contribution is -2.18. The summed E-state index contributed by atoms with van der Waals surface area (Å²) in [5.41, 5.74) is 4.11. The Bertz CT molecular complexity index is 1120. The number of benzene rings is 2. The van der Waals surface area contributed by atoms with E-state index in [-0.39, 0.29) is 11.4 Å². The van der Waals surface area contributed by atoms with Crippen LogP contribution in [0.2, 0.25) is 0 Å². The van der Waals surface area contributed by atoms with Crippen LogP contribution in [0, 0.1) is 12.9 Å². The van der Waals surface area contributed by atoms with E-state index in [0.29, 0.717) is 12.3 Å². The molecule has 0 unspecified atom stereocenters. The number of hydrogen-bond acceptors (Lipinski definition) is 5. The van der Waals surface area contributed by atoms with Crippen LogP contribution in [0.5, 0.6) is 5.75 Å². The van der Waals surface area contributed by atoms with Crippen LogP contribution in [0.1, 0.15) is 18.2 Å². The molecule has 0 spiro atoms. The summed E-state index contributed by atoms with van der Waals surface area (Å²) < 4.78 is 20.2. The van der Waals surface area contributed by atoms with Gasteiger partial charge in [0.15, 0.2) is 0 Å². The normalized spacial score (nSPS) is 11.2. The van der Waals surface area contributed by atoms with Gasteiger partial charge in [-0.05, 0) is 31.0 Å². The van der Waals surface area contributed by atoms with Crippen molar-refractivity contribution in [3.8, 4) is 16.9 Å². The van der Waals surface area contributed by atoms with Crippen LogP contribution in [-0.2, 0) is 11.9 Å². The van der Waals surface area contributed by atoms with Crippen molar-refractivity contribution in [3.05, 3.63) is 78.4 Å². The largest absolute Gasteiger partial charge is 0.417 e. The summed E-state index contributed by atoms with van der Waals surface area (Å²) in [6.07, 6.45) is 0.820. The topological polar surface area (TPSA) is 77.7 Å². The number of carbonyl (C=O) groups excluding carboxylic acids is 1. The number of para-hydroxylation sites is 1. The van der Waals surface area contributed by atoms with Crippen LogP contribution in [0.15, 0.2) is 66.3 Å². The van der Waals surface area contributed by atoms with Gasteiger partial charge < -0.3 is 9.57 Å². The van der Waals surface area contributed by atoms with Crippen molar-refractivity contribution < 1.29 is 18.8 Å². The molecule has 31 heavy (non-hydrogen) atoms. The van der Waals surface area contributed by atoms with E-state index in [2.05, 4.69) is 22.2 Å². The van der Waals surface area contributed by atoms with Gasteiger partial charge in [0.05, 0.1) is 11.4 Å². The molecule has 7 nitrogen and oxygen atoms in total. The summed E-state index contributed by atoms with van der Waals surface area (Å²) in [5, 5.41) is 10.6. The first-order chi connectivity index (χ1) is 14.9. The molecule has 0 aliphatic heterocycles. The number of carbonyl (C=O) groups is 1. The highest BCUT2D eigenvalue weighted by atomic mass is 19.1. The summed E-state index contributed by atoms with van der Waals surface area (Å²) in [4.78, 5) is 17.5. The third-order valence-corrected chi connectivity index (χ3v) is 4.47. The Balaban J connectivity index is 1.78. The molecule has 0 bridgehead atoms. The van der Waals surface area contributed by atoms with Crippen LogP contribution in [0.4, 0.5) is 14.9 Å². The average molecular weight is 422 g/mol. The second-order valence-corrected chi connectivity index (χ2v) is 6.73. The number of ether oxygens (including phenoxy) is 1. The second-order valence-electron chi connectivity index (χ2n) is 6.73. The molecule has 0 radical (unpaired) electrons. The van der Waals surface area contributed by atoms with Gasteiger partial charge in [0.2, 0.25) is 5.75 Å². The van der Waals surface area contributed by atoms with Gasteiger partial charge in [0, 0.05) is 12.6 Å². The van der Waals surface area contributed by atoms with Gasteiger partial charge in [-0.25, -0.2) is 9.48 Å². The minimum Gasteiger partial charge on any atom is -0.403 e. The molecule has 0 fully saturated rings. The fourth-order valence-corrected chi connectivity index (χ4v) is 2.93. The summed E-state index contributed by atoms with van der Waals surface area (Å²) in [6, 6.07) is 14.9. The van der Waals surface area contributed by atoms with Crippen molar-refractivity contribution in [2.24, 2.45) is 12.2 Å². The maximum absolute atomic E-state index is 14.0. The van der Waals surface area contributed by atoms with Crippen LogP contribution < -0.4 is 10.1 Å². The summed E-state index contributed by atoms with van der Waals surface area (Å²) in [7, 11) is 1.43. The van der Waals surface area contributed by atoms with Crippen molar-refractivity contribution in [1.29, 1.82) is 0 Å². The zero-order valence-corrected chi connectivity index (χ0v) is 17.6. The highest BCUT2D eigenvalue weighted by Gasteiger charge is 2.19. The molecule has 3 aromatic rings. The first-order valence-electron chi connectivity index (χ1n) is 9.56. The van der Waals surface area contributed by atoms with Crippen LogP contribution in [-0.4, -0.2) is 28.2 Å². The molecule has 0 saturated carbocycles. The van der Waals surface area contributed by atoms with Gasteiger partial charge in [-0.1, -0.05) is 60.3 Å². The van der Waals surface area contributed by atoms with E-state index in [4.69, 9.17) is 9.57 Å². The number of anilines is 1. The number of nitrogens with one attached hydrogen (secondary N) is 1. The molecule has 160 valence electrons. The smallest absolute Gasteiger partial charge is 0.403 e. The zero-order chi connectivity index (χ0) is 22.4. The van der Waals surface area contributed by atoms with Crippen molar-refractivity contribution in [2.45, 2.75) is 13.8 Å². The quantitative estimate of drug-likeness (QED) is 0.250. The number of hydrogen-bond donors (Lipinski definition) is 1. The van der Waals surface area contributed by atoms with E-state index in [1.807, 2.05) is 43.3 Å². The lowest BCUT2D eigenvalue weighted by molar-refractivity contribution is 0.175. The number of amides is 1. The second kappa shape index (κ2) is 9.71. The molecule has 1 N–H and O–H groups in total. The van der Waals surface area contributed by atoms with Gasteiger partial charge in [0.1, 0.15) is 12.3 Å². The fraction of sp³-hybridized carbons (Fsp3) is 0.174. The number of rotatable bonds is 7. The highest BCUT2D eigenvalue weighted by Crippen LogP contribution is 2.29. The number of aromatic nitrogens is 2. The van der Waals surface area contributed by atoms with E-state index >= 15 is 0 Å². The van der Waals surface area contributed by atoms with E-state index in [1.54, 1.807) is 25.1 Å². The van der Waals surface area contributed by atoms with E-state index in [9.17, 15) is 9.18 Å². The summed E-state index contributed by atoms with van der Waals surface area (Å²) >= 11 is 0. The SMILES string of the molecule is C=CCON=C(C)c1ccc(-c2ccccc2NC(=O)Oc2c(C)nn(C)c2F)cc1. The Kier molecular flexibility index (Phi) is 6.81. The Morgan fingerprint density at radius 1 is 1.26 bits per heavy atom. The Morgan fingerprint density at radius 2 is 1.97 bits per heavy atom. The fourth-order valence-electron chi connectivity index (χ4n) is 2.93. The van der Waals surface area contributed by atoms with Crippen LogP contribution in [0.3, 0.4) is 0 Å². The number of oxime groups is 1. The number of aryl methyl sites for hydroxylation is 2. The van der Waals surface area contributed by atoms with Crippen molar-refractivity contribution in [2.75, 3.05) is 11.9 Å². The molecule has 0 atom stereocenters. The molecule has 1 aromatic heterocycles. The highest BCUT2D eigenvalue weighted by molar-refractivity contribution is 5.99. The van der Waals surface area contributed by atoms with E-state index < -0.39 is 12.0 Å². The van der Waals surface area contributed by atoms with E-state index in [0.717, 1.165) is 27.1 Å². The van der Waals surface area contributed by atoms with Crippen LogP contribution in [0.25, 0.3) is 11.1 Å². The minimum absolute atomic E-state index is 0.199. The molecule has 0 aliphatic carbocycles. The summed E-state index contributed by atoms with van der Waals surface area (Å²) in [6.45, 7) is 7.34. The van der Waals surface area contributed by atoms with Crippen molar-refractivity contribution in [1.82, 2.24) is 9.78 Å². The van der Waals surface area contributed by atoms with Gasteiger partial charge in [-0.15, -0.1) is 0 Å². The first-order valence-corrected chi connectivity index (χ1v) is 9.56. The summed E-state index contributed by atoms with van der Waals surface area (Å²) in [5.74, 6) is -0.916. The molecular formula is C23H23FN4O3. The molecule has 2 aromatic carbocycles. The molecule has 0 aliphatic rings. The van der Waals surface area contributed by atoms with Gasteiger partial charge in [0.25, 0.3) is 5.95 Å². The Morgan fingerprint density at radius 3 is 2.61 bits per heavy atom. The molecule has 3 rings (SSSR count). The number of halogens is 1. The van der Waals surface area contributed by atoms with Gasteiger partial charge >= 0.3 is 6.09 Å². The maximum atomic E-state index is 14.0. The Labute approximate surface area is 179 Å². The van der Waals surface area contributed by atoms with Gasteiger partial charge in [-0.2, -0.15) is 9.49 Å². The Hall–Kier alpha value is -3.94. The molecule has 1 heterocycles. The third-order valence-electron chi connectivity index (χ3n) is 4.47. The minimum atomic E-state index is -0.804. The van der Waals surface area contributed by atoms with Crippen molar-refractivity contribution >= 4 is 17.5 Å². The molecule has 8 heteroatoms. The standard InChI is InChI=1S/C23H23FN4O3/c1-5-14-30-27-15(2)17-10-12-18(13-11-17)19-8-6-7-9-20(19)25-23(29)31-21-16(3)26-28(4)22(21)24/h5-13H,1,14H2,2-4H3,(H,25,29). The molecule has 1 amide bonds. The predicted molar refractivity (Wildman–Crippen MR) is 118 cm³/mol. The zero-order valence-electron chi connectivity index (χ0n) is 17.6. The maximum Gasteiger partial charge on any atom is 0.417 e. The average Bonchev–Trinajstić information content (AvgIpc) is 3.00. The third kappa shape index (κ3) is 5.16. The predicted octanol–water partition coefficient (Wildman–Crippen LogP) is 5.07. The van der Waals surface area contributed by atoms with E-state index in [1.165, 1.54) is 7.05 Å².